The fourth-order valence-electron chi connectivity index (χ4n) is 3.56. The number of benzene rings is 1. The summed E-state index contributed by atoms with van der Waals surface area (Å²) in [5.74, 6) is 0.157. The predicted octanol–water partition coefficient (Wildman–Crippen LogP) is 2.71. The third-order valence-electron chi connectivity index (χ3n) is 4.94. The second kappa shape index (κ2) is 8.39. The summed E-state index contributed by atoms with van der Waals surface area (Å²) in [5, 5.41) is 7.18. The van der Waals surface area contributed by atoms with Gasteiger partial charge in [-0.15, -0.1) is 0 Å². The SMILES string of the molecule is O=C(NCC1CCCNC1)C1CCCN1C(=O)c1cc(Cl)ccc1Cl. The molecule has 2 unspecified atom stereocenters. The summed E-state index contributed by atoms with van der Waals surface area (Å²) < 4.78 is 0. The molecule has 25 heavy (non-hydrogen) atoms. The van der Waals surface area contributed by atoms with Gasteiger partial charge in [0.2, 0.25) is 5.91 Å². The molecule has 136 valence electrons. The van der Waals surface area contributed by atoms with Crippen molar-refractivity contribution in [3.05, 3.63) is 33.8 Å². The van der Waals surface area contributed by atoms with Gasteiger partial charge in [0.05, 0.1) is 10.6 Å². The minimum absolute atomic E-state index is 0.0745. The molecule has 2 saturated heterocycles. The van der Waals surface area contributed by atoms with E-state index in [1.165, 1.54) is 0 Å². The Morgan fingerprint density at radius 2 is 2.08 bits per heavy atom. The van der Waals surface area contributed by atoms with Crippen molar-refractivity contribution in [2.24, 2.45) is 5.92 Å². The number of amides is 2. The van der Waals surface area contributed by atoms with Gasteiger partial charge in [-0.1, -0.05) is 23.2 Å². The Morgan fingerprint density at radius 3 is 2.84 bits per heavy atom. The Morgan fingerprint density at radius 1 is 1.24 bits per heavy atom. The first-order valence-electron chi connectivity index (χ1n) is 8.80. The van der Waals surface area contributed by atoms with E-state index in [4.69, 9.17) is 23.2 Å². The molecule has 7 heteroatoms. The molecule has 2 aliphatic rings. The van der Waals surface area contributed by atoms with Crippen molar-refractivity contribution in [2.45, 2.75) is 31.7 Å². The fourth-order valence-corrected chi connectivity index (χ4v) is 3.93. The van der Waals surface area contributed by atoms with Crippen LogP contribution in [0.25, 0.3) is 0 Å². The monoisotopic (exact) mass is 383 g/mol. The van der Waals surface area contributed by atoms with Crippen molar-refractivity contribution in [1.82, 2.24) is 15.5 Å². The Labute approximate surface area is 158 Å². The quantitative estimate of drug-likeness (QED) is 0.839. The highest BCUT2D eigenvalue weighted by molar-refractivity contribution is 6.35. The lowest BCUT2D eigenvalue weighted by Gasteiger charge is -2.27. The van der Waals surface area contributed by atoms with E-state index in [9.17, 15) is 9.59 Å². The molecule has 1 aromatic rings. The van der Waals surface area contributed by atoms with Crippen LogP contribution < -0.4 is 10.6 Å². The molecular weight excluding hydrogens is 361 g/mol. The maximum atomic E-state index is 12.8. The van der Waals surface area contributed by atoms with Gasteiger partial charge in [-0.25, -0.2) is 0 Å². The van der Waals surface area contributed by atoms with Gasteiger partial charge in [0.15, 0.2) is 0 Å². The number of piperidine rings is 1. The van der Waals surface area contributed by atoms with Crippen LogP contribution >= 0.6 is 23.2 Å². The Bertz CT molecular complexity index is 647. The molecule has 0 bridgehead atoms. The Hall–Kier alpha value is -1.30. The molecule has 2 amide bonds. The number of hydrogen-bond acceptors (Lipinski definition) is 3. The van der Waals surface area contributed by atoms with Crippen LogP contribution in [-0.2, 0) is 4.79 Å². The van der Waals surface area contributed by atoms with Gasteiger partial charge >= 0.3 is 0 Å². The second-order valence-electron chi connectivity index (χ2n) is 6.74. The van der Waals surface area contributed by atoms with Crippen molar-refractivity contribution in [1.29, 1.82) is 0 Å². The number of carbonyl (C=O) groups excluding carboxylic acids is 2. The molecule has 0 aromatic heterocycles. The maximum Gasteiger partial charge on any atom is 0.256 e. The average molecular weight is 384 g/mol. The van der Waals surface area contributed by atoms with E-state index in [2.05, 4.69) is 10.6 Å². The van der Waals surface area contributed by atoms with Crippen LogP contribution in [0.3, 0.4) is 0 Å². The minimum atomic E-state index is -0.431. The second-order valence-corrected chi connectivity index (χ2v) is 7.58. The van der Waals surface area contributed by atoms with Crippen LogP contribution in [0.2, 0.25) is 10.0 Å². The largest absolute Gasteiger partial charge is 0.354 e. The number of halogens is 2. The first-order valence-corrected chi connectivity index (χ1v) is 9.56. The average Bonchev–Trinajstić information content (AvgIpc) is 3.12. The molecule has 2 aliphatic heterocycles. The molecule has 2 fully saturated rings. The van der Waals surface area contributed by atoms with Gasteiger partial charge in [0.1, 0.15) is 6.04 Å². The minimum Gasteiger partial charge on any atom is -0.354 e. The third kappa shape index (κ3) is 4.46. The van der Waals surface area contributed by atoms with E-state index >= 15 is 0 Å². The van der Waals surface area contributed by atoms with E-state index in [1.54, 1.807) is 23.1 Å². The lowest BCUT2D eigenvalue weighted by atomic mass is 9.99. The van der Waals surface area contributed by atoms with Gasteiger partial charge in [0.25, 0.3) is 5.91 Å². The summed E-state index contributed by atoms with van der Waals surface area (Å²) in [6.07, 6.45) is 3.76. The standard InChI is InChI=1S/C18H23Cl2N3O2/c19-13-5-6-15(20)14(9-13)18(25)23-8-2-4-16(23)17(24)22-11-12-3-1-7-21-10-12/h5-6,9,12,16,21H,1-4,7-8,10-11H2,(H,22,24). The maximum absolute atomic E-state index is 12.8. The zero-order valence-corrected chi connectivity index (χ0v) is 15.6. The van der Waals surface area contributed by atoms with Crippen LogP contribution in [0, 0.1) is 5.92 Å². The smallest absolute Gasteiger partial charge is 0.256 e. The van der Waals surface area contributed by atoms with E-state index < -0.39 is 6.04 Å². The Kier molecular flexibility index (Phi) is 6.20. The fraction of sp³-hybridized carbons (Fsp3) is 0.556. The van der Waals surface area contributed by atoms with Gasteiger partial charge in [-0.2, -0.15) is 0 Å². The zero-order valence-electron chi connectivity index (χ0n) is 14.1. The topological polar surface area (TPSA) is 61.4 Å². The van der Waals surface area contributed by atoms with Gasteiger partial charge in [0, 0.05) is 18.1 Å². The zero-order chi connectivity index (χ0) is 17.8. The molecule has 1 aromatic carbocycles. The lowest BCUT2D eigenvalue weighted by molar-refractivity contribution is -0.125. The highest BCUT2D eigenvalue weighted by Gasteiger charge is 2.35. The van der Waals surface area contributed by atoms with Gasteiger partial charge in [-0.3, -0.25) is 9.59 Å². The van der Waals surface area contributed by atoms with Crippen molar-refractivity contribution in [2.75, 3.05) is 26.2 Å². The van der Waals surface area contributed by atoms with Crippen LogP contribution in [0.1, 0.15) is 36.0 Å². The summed E-state index contributed by atoms with van der Waals surface area (Å²) in [6, 6.07) is 4.39. The number of nitrogens with one attached hydrogen (secondary N) is 2. The van der Waals surface area contributed by atoms with E-state index in [1.807, 2.05) is 0 Å². The number of hydrogen-bond donors (Lipinski definition) is 2. The van der Waals surface area contributed by atoms with Crippen molar-refractivity contribution in [3.63, 3.8) is 0 Å². The van der Waals surface area contributed by atoms with Gasteiger partial charge < -0.3 is 15.5 Å². The molecule has 0 spiro atoms. The normalized spacial score (nSPS) is 23.5. The van der Waals surface area contributed by atoms with E-state index in [0.29, 0.717) is 41.0 Å². The highest BCUT2D eigenvalue weighted by atomic mass is 35.5. The van der Waals surface area contributed by atoms with Crippen molar-refractivity contribution in [3.8, 4) is 0 Å². The van der Waals surface area contributed by atoms with Gasteiger partial charge in [-0.05, 0) is 62.9 Å². The summed E-state index contributed by atoms with van der Waals surface area (Å²) in [6.45, 7) is 3.20. The number of rotatable bonds is 4. The third-order valence-corrected chi connectivity index (χ3v) is 5.50. The summed E-state index contributed by atoms with van der Waals surface area (Å²) in [7, 11) is 0. The van der Waals surface area contributed by atoms with Crippen LogP contribution in [-0.4, -0.2) is 48.9 Å². The summed E-state index contributed by atoms with van der Waals surface area (Å²) in [5.41, 5.74) is 0.352. The summed E-state index contributed by atoms with van der Waals surface area (Å²) >= 11 is 12.1. The number of nitrogens with zero attached hydrogens (tertiary/aromatic N) is 1. The molecular formula is C18H23Cl2N3O2. The number of likely N-dealkylation sites (tertiary alicyclic amines) is 1. The van der Waals surface area contributed by atoms with E-state index in [0.717, 1.165) is 32.4 Å². The lowest BCUT2D eigenvalue weighted by Crippen LogP contribution is -2.48. The number of carbonyl (C=O) groups is 2. The van der Waals surface area contributed by atoms with E-state index in [-0.39, 0.29) is 11.8 Å². The molecule has 3 rings (SSSR count). The van der Waals surface area contributed by atoms with Crippen molar-refractivity contribution < 1.29 is 9.59 Å². The molecule has 0 radical (unpaired) electrons. The Balaban J connectivity index is 1.64. The molecule has 0 saturated carbocycles. The van der Waals surface area contributed by atoms with Crippen LogP contribution in [0.15, 0.2) is 18.2 Å². The molecule has 2 heterocycles. The van der Waals surface area contributed by atoms with Crippen molar-refractivity contribution >= 4 is 35.0 Å². The first-order chi connectivity index (χ1) is 12.1. The summed E-state index contributed by atoms with van der Waals surface area (Å²) in [4.78, 5) is 27.1. The molecule has 5 nitrogen and oxygen atoms in total. The molecule has 2 atom stereocenters. The predicted molar refractivity (Wildman–Crippen MR) is 99.1 cm³/mol. The van der Waals surface area contributed by atoms with Crippen LogP contribution in [0.5, 0.6) is 0 Å². The highest BCUT2D eigenvalue weighted by Crippen LogP contribution is 2.26. The molecule has 0 aliphatic carbocycles. The van der Waals surface area contributed by atoms with Crippen LogP contribution in [0.4, 0.5) is 0 Å². The molecule has 2 N–H and O–H groups in total. The first kappa shape index (κ1) is 18.5.